The molecule has 2 rings (SSSR count). The lowest BCUT2D eigenvalue weighted by Crippen LogP contribution is -2.08. The van der Waals surface area contributed by atoms with Crippen molar-refractivity contribution in [2.75, 3.05) is 5.32 Å². The summed E-state index contributed by atoms with van der Waals surface area (Å²) in [6, 6.07) is 2.19. The number of nitrogens with zero attached hydrogens (tertiary/aromatic N) is 3. The van der Waals surface area contributed by atoms with Crippen molar-refractivity contribution in [3.63, 3.8) is 0 Å². The van der Waals surface area contributed by atoms with Crippen molar-refractivity contribution in [2.45, 2.75) is 39.7 Å². The number of nitrogens with one attached hydrogen (secondary N) is 1. The average Bonchev–Trinajstić information content (AvgIpc) is 2.77. The molecule has 1 unspecified atom stereocenters. The van der Waals surface area contributed by atoms with Crippen molar-refractivity contribution in [1.82, 2.24) is 15.0 Å². The highest BCUT2D eigenvalue weighted by Crippen LogP contribution is 2.21. The molecule has 0 saturated carbocycles. The van der Waals surface area contributed by atoms with Gasteiger partial charge in [-0.3, -0.25) is 0 Å². The Bertz CT molecular complexity index is 509. The van der Waals surface area contributed by atoms with Gasteiger partial charge in [0.2, 0.25) is 0 Å². The van der Waals surface area contributed by atoms with E-state index in [4.69, 9.17) is 0 Å². The number of thiazole rings is 1. The Balaban J connectivity index is 2.06. The SMILES string of the molecule is CCCc1cc(NC(C)c2nc(C)cs2)ncn1. The highest BCUT2D eigenvalue weighted by atomic mass is 32.1. The fourth-order valence-corrected chi connectivity index (χ4v) is 2.53. The highest BCUT2D eigenvalue weighted by molar-refractivity contribution is 7.09. The molecule has 2 aromatic rings. The van der Waals surface area contributed by atoms with E-state index < -0.39 is 0 Å². The quantitative estimate of drug-likeness (QED) is 0.897. The first-order valence-corrected chi connectivity index (χ1v) is 7.06. The van der Waals surface area contributed by atoms with Crippen molar-refractivity contribution < 1.29 is 0 Å². The van der Waals surface area contributed by atoms with E-state index in [2.05, 4.69) is 39.5 Å². The second-order valence-corrected chi connectivity index (χ2v) is 5.23. The van der Waals surface area contributed by atoms with Gasteiger partial charge in [0, 0.05) is 22.8 Å². The van der Waals surface area contributed by atoms with Crippen LogP contribution in [0.5, 0.6) is 0 Å². The number of anilines is 1. The van der Waals surface area contributed by atoms with E-state index in [1.807, 2.05) is 13.0 Å². The zero-order valence-electron chi connectivity index (χ0n) is 11.0. The van der Waals surface area contributed by atoms with Gasteiger partial charge in [0.05, 0.1) is 6.04 Å². The molecule has 0 aliphatic rings. The van der Waals surface area contributed by atoms with E-state index in [-0.39, 0.29) is 6.04 Å². The van der Waals surface area contributed by atoms with Crippen LogP contribution in [0.25, 0.3) is 0 Å². The van der Waals surface area contributed by atoms with Crippen LogP contribution in [0.15, 0.2) is 17.8 Å². The Morgan fingerprint density at radius 1 is 1.39 bits per heavy atom. The van der Waals surface area contributed by atoms with E-state index >= 15 is 0 Å². The second kappa shape index (κ2) is 5.91. The van der Waals surface area contributed by atoms with Gasteiger partial charge in [-0.15, -0.1) is 11.3 Å². The molecule has 0 fully saturated rings. The smallest absolute Gasteiger partial charge is 0.130 e. The first kappa shape index (κ1) is 13.0. The minimum absolute atomic E-state index is 0.174. The maximum Gasteiger partial charge on any atom is 0.130 e. The minimum atomic E-state index is 0.174. The molecule has 1 N–H and O–H groups in total. The van der Waals surface area contributed by atoms with Gasteiger partial charge in [0.25, 0.3) is 0 Å². The molecule has 2 aromatic heterocycles. The lowest BCUT2D eigenvalue weighted by molar-refractivity contribution is 0.839. The molecule has 18 heavy (non-hydrogen) atoms. The van der Waals surface area contributed by atoms with Gasteiger partial charge >= 0.3 is 0 Å². The van der Waals surface area contributed by atoms with Crippen LogP contribution in [0, 0.1) is 6.92 Å². The maximum atomic E-state index is 4.48. The van der Waals surface area contributed by atoms with Gasteiger partial charge in [-0.25, -0.2) is 15.0 Å². The van der Waals surface area contributed by atoms with Gasteiger partial charge in [-0.1, -0.05) is 13.3 Å². The molecule has 0 radical (unpaired) electrons. The second-order valence-electron chi connectivity index (χ2n) is 4.34. The third kappa shape index (κ3) is 3.26. The van der Waals surface area contributed by atoms with Crippen LogP contribution in [0.1, 0.15) is 42.7 Å². The van der Waals surface area contributed by atoms with Crippen LogP contribution in [0.2, 0.25) is 0 Å². The lowest BCUT2D eigenvalue weighted by atomic mass is 10.2. The molecule has 0 aliphatic heterocycles. The van der Waals surface area contributed by atoms with Crippen LogP contribution in [0.3, 0.4) is 0 Å². The molecule has 1 atom stereocenters. The van der Waals surface area contributed by atoms with Crippen molar-refractivity contribution >= 4 is 17.2 Å². The molecular weight excluding hydrogens is 244 g/mol. The first-order valence-electron chi connectivity index (χ1n) is 6.18. The van der Waals surface area contributed by atoms with Crippen molar-refractivity contribution in [2.24, 2.45) is 0 Å². The molecule has 0 saturated heterocycles. The summed E-state index contributed by atoms with van der Waals surface area (Å²) in [6.07, 6.45) is 3.70. The molecule has 0 aromatic carbocycles. The number of rotatable bonds is 5. The van der Waals surface area contributed by atoms with Gasteiger partial charge in [-0.2, -0.15) is 0 Å². The Hall–Kier alpha value is -1.49. The molecular formula is C13H18N4S. The Kier molecular flexibility index (Phi) is 4.25. The van der Waals surface area contributed by atoms with Crippen LogP contribution < -0.4 is 5.32 Å². The van der Waals surface area contributed by atoms with Crippen molar-refractivity contribution in [3.8, 4) is 0 Å². The maximum absolute atomic E-state index is 4.48. The summed E-state index contributed by atoms with van der Waals surface area (Å²) in [5.41, 5.74) is 2.15. The summed E-state index contributed by atoms with van der Waals surface area (Å²) in [4.78, 5) is 13.0. The Labute approximate surface area is 112 Å². The van der Waals surface area contributed by atoms with Crippen molar-refractivity contribution in [3.05, 3.63) is 34.2 Å². The third-order valence-corrected chi connectivity index (χ3v) is 3.75. The van der Waals surface area contributed by atoms with Gasteiger partial charge < -0.3 is 5.32 Å². The van der Waals surface area contributed by atoms with E-state index in [1.54, 1.807) is 17.7 Å². The number of aryl methyl sites for hydroxylation is 2. The summed E-state index contributed by atoms with van der Waals surface area (Å²) >= 11 is 1.67. The standard InChI is InChI=1S/C13H18N4S/c1-4-5-11-6-12(15-8-14-11)17-10(3)13-16-9(2)7-18-13/h6-8,10H,4-5H2,1-3H3,(H,14,15,17). The van der Waals surface area contributed by atoms with E-state index in [1.165, 1.54) is 0 Å². The fourth-order valence-electron chi connectivity index (χ4n) is 1.72. The molecule has 0 bridgehead atoms. The molecule has 0 amide bonds. The zero-order chi connectivity index (χ0) is 13.0. The van der Waals surface area contributed by atoms with Crippen LogP contribution in [-0.4, -0.2) is 15.0 Å². The van der Waals surface area contributed by atoms with Gasteiger partial charge in [0.15, 0.2) is 0 Å². The normalized spacial score (nSPS) is 12.4. The Morgan fingerprint density at radius 2 is 2.22 bits per heavy atom. The minimum Gasteiger partial charge on any atom is -0.361 e. The van der Waals surface area contributed by atoms with E-state index in [9.17, 15) is 0 Å². The lowest BCUT2D eigenvalue weighted by Gasteiger charge is -2.12. The molecule has 5 heteroatoms. The molecule has 0 aliphatic carbocycles. The van der Waals surface area contributed by atoms with Crippen molar-refractivity contribution in [1.29, 1.82) is 0 Å². The molecule has 4 nitrogen and oxygen atoms in total. The number of hydrogen-bond acceptors (Lipinski definition) is 5. The average molecular weight is 262 g/mol. The zero-order valence-corrected chi connectivity index (χ0v) is 11.8. The van der Waals surface area contributed by atoms with E-state index in [0.717, 1.165) is 35.1 Å². The number of aromatic nitrogens is 3. The fraction of sp³-hybridized carbons (Fsp3) is 0.462. The van der Waals surface area contributed by atoms with Gasteiger partial charge in [-0.05, 0) is 20.3 Å². The van der Waals surface area contributed by atoms with Crippen LogP contribution in [0.4, 0.5) is 5.82 Å². The third-order valence-electron chi connectivity index (χ3n) is 2.60. The molecule has 2 heterocycles. The summed E-state index contributed by atoms with van der Waals surface area (Å²) in [6.45, 7) is 6.26. The largest absolute Gasteiger partial charge is 0.361 e. The summed E-state index contributed by atoms with van der Waals surface area (Å²) in [5, 5.41) is 6.52. The first-order chi connectivity index (χ1) is 8.69. The van der Waals surface area contributed by atoms with E-state index in [0.29, 0.717) is 0 Å². The summed E-state index contributed by atoms with van der Waals surface area (Å²) < 4.78 is 0. The predicted octanol–water partition coefficient (Wildman–Crippen LogP) is 3.37. The molecule has 0 spiro atoms. The van der Waals surface area contributed by atoms with Crippen LogP contribution in [-0.2, 0) is 6.42 Å². The summed E-state index contributed by atoms with van der Waals surface area (Å²) in [5.74, 6) is 0.869. The molecule has 96 valence electrons. The van der Waals surface area contributed by atoms with Gasteiger partial charge in [0.1, 0.15) is 17.2 Å². The monoisotopic (exact) mass is 262 g/mol. The topological polar surface area (TPSA) is 50.7 Å². The predicted molar refractivity (Wildman–Crippen MR) is 74.9 cm³/mol. The summed E-state index contributed by atoms with van der Waals surface area (Å²) in [7, 11) is 0. The highest BCUT2D eigenvalue weighted by Gasteiger charge is 2.10. The van der Waals surface area contributed by atoms with Crippen LogP contribution >= 0.6 is 11.3 Å². The number of hydrogen-bond donors (Lipinski definition) is 1. The Morgan fingerprint density at radius 3 is 2.89 bits per heavy atom.